The number of esters is 1. The van der Waals surface area contributed by atoms with Gasteiger partial charge in [-0.15, -0.1) is 0 Å². The first-order valence-electron chi connectivity index (χ1n) is 13.6. The predicted molar refractivity (Wildman–Crippen MR) is 128 cm³/mol. The van der Waals surface area contributed by atoms with Gasteiger partial charge >= 0.3 is 11.2 Å². The van der Waals surface area contributed by atoms with Crippen LogP contribution in [-0.2, 0) is 19.6 Å². The van der Waals surface area contributed by atoms with Crippen molar-refractivity contribution >= 4 is 16.1 Å². The summed E-state index contributed by atoms with van der Waals surface area (Å²) in [7, 11) is -5.92. The molecule has 4 rings (SSSR count). The Bertz CT molecular complexity index is 976. The molecule has 0 amide bonds. The highest BCUT2D eigenvalue weighted by atomic mass is 32.2. The fraction of sp³-hybridized carbons (Fsp3) is 0.962. The summed E-state index contributed by atoms with van der Waals surface area (Å²) in [5.41, 5.74) is -0.495. The van der Waals surface area contributed by atoms with E-state index in [2.05, 4.69) is 18.6 Å². The topological polar surface area (TPSA) is 144 Å². The smallest absolute Gasteiger partial charge is 0.367 e. The van der Waals surface area contributed by atoms with Crippen molar-refractivity contribution in [2.75, 3.05) is 6.61 Å². The summed E-state index contributed by atoms with van der Waals surface area (Å²) < 4.78 is 62.7. The number of aliphatic hydroxyl groups is 3. The van der Waals surface area contributed by atoms with Crippen LogP contribution in [0.5, 0.6) is 0 Å². The summed E-state index contributed by atoms with van der Waals surface area (Å²) >= 11 is 0. The van der Waals surface area contributed by atoms with Gasteiger partial charge in [0.25, 0.3) is 0 Å². The summed E-state index contributed by atoms with van der Waals surface area (Å²) in [5, 5.41) is 28.5. The lowest BCUT2D eigenvalue weighted by molar-refractivity contribution is -0.207. The number of fused-ring (bicyclic) bond motifs is 5. The van der Waals surface area contributed by atoms with Crippen LogP contribution in [0.25, 0.3) is 0 Å². The van der Waals surface area contributed by atoms with Gasteiger partial charge in [-0.2, -0.15) is 8.78 Å². The minimum atomic E-state index is -5.92. The lowest BCUT2D eigenvalue weighted by Gasteiger charge is -2.63. The Morgan fingerprint density at radius 2 is 1.78 bits per heavy atom. The first-order valence-corrected chi connectivity index (χ1v) is 15.0. The number of hydrogen-bond donors (Lipinski definition) is 3. The fourth-order valence-electron chi connectivity index (χ4n) is 8.99. The maximum Gasteiger partial charge on any atom is 0.367 e. The Hall–Kier alpha value is -0.880. The van der Waals surface area contributed by atoms with Crippen LogP contribution < -0.4 is 0 Å². The van der Waals surface area contributed by atoms with E-state index in [0.29, 0.717) is 25.7 Å². The molecule has 11 atom stereocenters. The Morgan fingerprint density at radius 3 is 2.43 bits per heavy atom. The number of carbonyl (C=O) groups excluding carboxylic acids is 1. The van der Waals surface area contributed by atoms with Crippen LogP contribution in [0.3, 0.4) is 0 Å². The molecule has 4 aliphatic rings. The average Bonchev–Trinajstić information content (AvgIpc) is 3.16. The van der Waals surface area contributed by atoms with Crippen LogP contribution in [0.2, 0.25) is 0 Å². The molecule has 0 bridgehead atoms. The van der Waals surface area contributed by atoms with Crippen LogP contribution in [0, 0.1) is 46.3 Å². The van der Waals surface area contributed by atoms with Gasteiger partial charge in [0.2, 0.25) is 0 Å². The zero-order valence-electron chi connectivity index (χ0n) is 21.8. The van der Waals surface area contributed by atoms with Crippen LogP contribution in [0.15, 0.2) is 0 Å². The Kier molecular flexibility index (Phi) is 7.82. The molecule has 11 heteroatoms. The first-order chi connectivity index (χ1) is 17.0. The number of alkyl halides is 2. The van der Waals surface area contributed by atoms with Gasteiger partial charge in [0, 0.05) is 6.42 Å². The standard InChI is InChI=1S/C26H42F2O8S/c1-14(4-7-22(32)36-13-26(27,28)37(33,34)35)17-5-6-18-23-19(12-21(31)25(17,18)3)24(2)9-8-16(29)10-15(24)11-20(23)30/h14-21,23,29-31H,4-13H2,1-3H3,(H,33,34,35)/p-1/t14?,15-,16+,17+,18-,19-,20+,21-,23-,24-,25+/m0/s1. The third kappa shape index (κ3) is 4.96. The van der Waals surface area contributed by atoms with Gasteiger partial charge in [-0.05, 0) is 97.7 Å². The summed E-state index contributed by atoms with van der Waals surface area (Å²) in [6.45, 7) is 4.51. The van der Waals surface area contributed by atoms with Gasteiger partial charge in [0.15, 0.2) is 16.7 Å². The molecule has 214 valence electrons. The Balaban J connectivity index is 1.43. The van der Waals surface area contributed by atoms with E-state index in [1.807, 2.05) is 6.92 Å². The minimum absolute atomic E-state index is 0.0292. The molecule has 4 saturated carbocycles. The van der Waals surface area contributed by atoms with E-state index in [1.54, 1.807) is 0 Å². The van der Waals surface area contributed by atoms with Crippen molar-refractivity contribution in [2.45, 2.75) is 102 Å². The molecule has 0 radical (unpaired) electrons. The maximum atomic E-state index is 13.3. The van der Waals surface area contributed by atoms with E-state index in [0.717, 1.165) is 25.7 Å². The highest BCUT2D eigenvalue weighted by Crippen LogP contribution is 2.68. The van der Waals surface area contributed by atoms with E-state index in [-0.39, 0.29) is 53.4 Å². The lowest BCUT2D eigenvalue weighted by Crippen LogP contribution is -2.62. The fourth-order valence-corrected chi connectivity index (χ4v) is 9.19. The first kappa shape index (κ1) is 29.1. The van der Waals surface area contributed by atoms with E-state index in [4.69, 9.17) is 0 Å². The largest absolute Gasteiger partial charge is 0.743 e. The molecule has 8 nitrogen and oxygen atoms in total. The van der Waals surface area contributed by atoms with Crippen molar-refractivity contribution in [3.05, 3.63) is 0 Å². The van der Waals surface area contributed by atoms with Gasteiger partial charge < -0.3 is 24.6 Å². The van der Waals surface area contributed by atoms with Crippen LogP contribution >= 0.6 is 0 Å². The van der Waals surface area contributed by atoms with E-state index in [9.17, 15) is 41.9 Å². The van der Waals surface area contributed by atoms with Crippen LogP contribution in [0.4, 0.5) is 8.78 Å². The summed E-state index contributed by atoms with van der Waals surface area (Å²) in [4.78, 5) is 12.0. The highest BCUT2D eigenvalue weighted by molar-refractivity contribution is 7.86. The third-order valence-corrected chi connectivity index (χ3v) is 11.9. The Labute approximate surface area is 217 Å². The summed E-state index contributed by atoms with van der Waals surface area (Å²) in [5.74, 6) is -0.424. The molecule has 0 saturated heterocycles. The molecule has 0 aromatic rings. The van der Waals surface area contributed by atoms with Gasteiger partial charge in [-0.3, -0.25) is 4.79 Å². The number of aliphatic hydroxyl groups excluding tert-OH is 3. The molecular weight excluding hydrogens is 510 g/mol. The van der Waals surface area contributed by atoms with Gasteiger partial charge in [-0.25, -0.2) is 8.42 Å². The third-order valence-electron chi connectivity index (χ3n) is 11.1. The molecule has 0 spiro atoms. The number of carbonyl (C=O) groups is 1. The second-order valence-electron chi connectivity index (χ2n) is 12.8. The van der Waals surface area contributed by atoms with Crippen molar-refractivity contribution in [1.29, 1.82) is 0 Å². The van der Waals surface area contributed by atoms with Crippen LogP contribution in [-0.4, -0.2) is 64.4 Å². The molecule has 0 aromatic heterocycles. The molecular formula is C26H41F2O8S-. The maximum absolute atomic E-state index is 13.3. The number of halogens is 2. The van der Waals surface area contributed by atoms with Crippen molar-refractivity contribution in [3.8, 4) is 0 Å². The highest BCUT2D eigenvalue weighted by Gasteiger charge is 2.65. The van der Waals surface area contributed by atoms with E-state index < -0.39 is 45.6 Å². The molecule has 3 N–H and O–H groups in total. The monoisotopic (exact) mass is 551 g/mol. The number of rotatable bonds is 7. The predicted octanol–water partition coefficient (Wildman–Crippen LogP) is 3.05. The molecule has 1 unspecified atom stereocenters. The minimum Gasteiger partial charge on any atom is -0.743 e. The van der Waals surface area contributed by atoms with E-state index in [1.165, 1.54) is 0 Å². The van der Waals surface area contributed by atoms with Crippen molar-refractivity contribution < 1.29 is 46.6 Å². The van der Waals surface area contributed by atoms with Crippen molar-refractivity contribution in [2.24, 2.45) is 46.3 Å². The lowest BCUT2D eigenvalue weighted by atomic mass is 9.43. The zero-order chi connectivity index (χ0) is 27.6. The zero-order valence-corrected chi connectivity index (χ0v) is 22.6. The molecule has 0 aromatic carbocycles. The SMILES string of the molecule is CC(CCC(=O)OCC(F)(F)S(=O)(=O)[O-])[C@H]1CC[C@H]2[C@@H]3[C@H](O)C[C@@H]4C[C@H](O)CC[C@]4(C)[C@H]3C[C@H](O)[C@]12C. The Morgan fingerprint density at radius 1 is 1.11 bits per heavy atom. The normalized spacial score (nSPS) is 44.9. The molecule has 37 heavy (non-hydrogen) atoms. The molecule has 0 heterocycles. The number of hydrogen-bond acceptors (Lipinski definition) is 8. The van der Waals surface area contributed by atoms with Gasteiger partial charge in [-0.1, -0.05) is 20.8 Å². The van der Waals surface area contributed by atoms with E-state index >= 15 is 0 Å². The average molecular weight is 552 g/mol. The summed E-state index contributed by atoms with van der Waals surface area (Å²) in [6, 6.07) is 0. The van der Waals surface area contributed by atoms with Crippen molar-refractivity contribution in [3.63, 3.8) is 0 Å². The van der Waals surface area contributed by atoms with Gasteiger partial charge in [0.1, 0.15) is 0 Å². The summed E-state index contributed by atoms with van der Waals surface area (Å²) in [6.07, 6.45) is 3.92. The second kappa shape index (κ2) is 9.94. The quantitative estimate of drug-likeness (QED) is 0.324. The number of ether oxygens (including phenoxy) is 1. The molecule has 4 aliphatic carbocycles. The second-order valence-corrected chi connectivity index (χ2v) is 14.3. The molecule has 4 fully saturated rings. The van der Waals surface area contributed by atoms with Crippen molar-refractivity contribution in [1.82, 2.24) is 0 Å². The molecule has 0 aliphatic heterocycles. The van der Waals surface area contributed by atoms with Crippen LogP contribution in [0.1, 0.15) is 78.6 Å². The van der Waals surface area contributed by atoms with Gasteiger partial charge in [0.05, 0.1) is 18.3 Å².